The highest BCUT2D eigenvalue weighted by atomic mass is 32.1. The number of aromatic nitrogens is 3. The molecule has 2 aromatic rings. The summed E-state index contributed by atoms with van der Waals surface area (Å²) in [6, 6.07) is 0.279. The Bertz CT molecular complexity index is 687. The highest BCUT2D eigenvalue weighted by Crippen LogP contribution is 2.32. The van der Waals surface area contributed by atoms with Crippen LogP contribution in [0, 0.1) is 6.92 Å². The number of nitrogens with zero attached hydrogens (tertiary/aromatic N) is 4. The zero-order valence-corrected chi connectivity index (χ0v) is 14.3. The molecule has 6 nitrogen and oxygen atoms in total. The summed E-state index contributed by atoms with van der Waals surface area (Å²) in [5.41, 5.74) is 2.91. The first-order valence-electron chi connectivity index (χ1n) is 7.82. The highest BCUT2D eigenvalue weighted by Gasteiger charge is 2.28. The minimum Gasteiger partial charge on any atom is -0.351 e. The van der Waals surface area contributed by atoms with Crippen LogP contribution >= 0.6 is 11.3 Å². The van der Waals surface area contributed by atoms with Gasteiger partial charge in [-0.2, -0.15) is 0 Å². The second-order valence-electron chi connectivity index (χ2n) is 5.83. The van der Waals surface area contributed by atoms with Gasteiger partial charge in [0.05, 0.1) is 47.1 Å². The van der Waals surface area contributed by atoms with Crippen LogP contribution in [0.2, 0.25) is 0 Å². The lowest BCUT2D eigenvalue weighted by atomic mass is 10.1. The van der Waals surface area contributed by atoms with E-state index in [1.165, 1.54) is 6.92 Å². The van der Waals surface area contributed by atoms with Crippen LogP contribution < -0.4 is 5.32 Å². The van der Waals surface area contributed by atoms with Crippen LogP contribution in [0.4, 0.5) is 0 Å². The number of rotatable bonds is 5. The second-order valence-corrected chi connectivity index (χ2v) is 6.89. The van der Waals surface area contributed by atoms with Gasteiger partial charge in [0, 0.05) is 18.8 Å². The summed E-state index contributed by atoms with van der Waals surface area (Å²) in [7, 11) is 0. The Balaban J connectivity index is 1.71. The van der Waals surface area contributed by atoms with E-state index in [0.29, 0.717) is 6.54 Å². The molecular formula is C16H21N5OS. The number of thiazole rings is 1. The molecule has 0 radical (unpaired) electrons. The van der Waals surface area contributed by atoms with Crippen molar-refractivity contribution in [2.75, 3.05) is 6.54 Å². The van der Waals surface area contributed by atoms with Crippen LogP contribution in [-0.4, -0.2) is 32.3 Å². The minimum atomic E-state index is -0.0569. The third-order valence-electron chi connectivity index (χ3n) is 3.96. The second kappa shape index (κ2) is 7.14. The van der Waals surface area contributed by atoms with Crippen LogP contribution in [0.5, 0.6) is 0 Å². The van der Waals surface area contributed by atoms with Gasteiger partial charge < -0.3 is 5.32 Å². The number of likely N-dealkylation sites (tertiary alicyclic amines) is 1. The number of hydrogen-bond acceptors (Lipinski definition) is 6. The first kappa shape index (κ1) is 16.0. The molecule has 3 rings (SSSR count). The van der Waals surface area contributed by atoms with E-state index >= 15 is 0 Å². The molecule has 1 saturated heterocycles. The molecular weight excluding hydrogens is 310 g/mol. The van der Waals surface area contributed by atoms with Gasteiger partial charge in [0.25, 0.3) is 0 Å². The van der Waals surface area contributed by atoms with Gasteiger partial charge in [0.2, 0.25) is 5.91 Å². The van der Waals surface area contributed by atoms with Crippen LogP contribution in [0.1, 0.15) is 47.9 Å². The van der Waals surface area contributed by atoms with Crippen LogP contribution in [0.3, 0.4) is 0 Å². The van der Waals surface area contributed by atoms with Crippen molar-refractivity contribution >= 4 is 17.2 Å². The van der Waals surface area contributed by atoms with Crippen LogP contribution in [0.15, 0.2) is 17.8 Å². The Morgan fingerprint density at radius 2 is 2.26 bits per heavy atom. The molecule has 0 saturated carbocycles. The normalized spacial score (nSPS) is 18.3. The van der Waals surface area contributed by atoms with Crippen molar-refractivity contribution in [3.8, 4) is 0 Å². The molecule has 1 atom stereocenters. The number of carbonyl (C=O) groups excluding carboxylic acids is 1. The molecule has 7 heteroatoms. The largest absolute Gasteiger partial charge is 0.351 e. The summed E-state index contributed by atoms with van der Waals surface area (Å²) in [6.07, 6.45) is 5.79. The summed E-state index contributed by atoms with van der Waals surface area (Å²) in [5.74, 6) is -0.0569. The summed E-state index contributed by atoms with van der Waals surface area (Å²) >= 11 is 1.69. The summed E-state index contributed by atoms with van der Waals surface area (Å²) in [5, 5.41) is 6.00. The Morgan fingerprint density at radius 3 is 3.00 bits per heavy atom. The van der Waals surface area contributed by atoms with Crippen molar-refractivity contribution in [2.24, 2.45) is 0 Å². The molecule has 23 heavy (non-hydrogen) atoms. The molecule has 122 valence electrons. The van der Waals surface area contributed by atoms with Gasteiger partial charge in [-0.15, -0.1) is 11.3 Å². The third-order valence-corrected chi connectivity index (χ3v) is 4.78. The molecule has 0 bridgehead atoms. The lowest BCUT2D eigenvalue weighted by Crippen LogP contribution is -2.25. The average molecular weight is 331 g/mol. The SMILES string of the molecule is CC(=O)NCc1cncc([C@@H]2CCCN2Cc2csc(C)n2)n1. The quantitative estimate of drug-likeness (QED) is 0.909. The highest BCUT2D eigenvalue weighted by molar-refractivity contribution is 7.09. The van der Waals surface area contributed by atoms with Gasteiger partial charge in [-0.25, -0.2) is 4.98 Å². The first-order chi connectivity index (χ1) is 11.1. The van der Waals surface area contributed by atoms with Gasteiger partial charge in [0.15, 0.2) is 0 Å². The summed E-state index contributed by atoms with van der Waals surface area (Å²) in [6.45, 7) is 5.87. The Kier molecular flexibility index (Phi) is 4.97. The van der Waals surface area contributed by atoms with E-state index in [-0.39, 0.29) is 11.9 Å². The van der Waals surface area contributed by atoms with Crippen molar-refractivity contribution in [1.29, 1.82) is 0 Å². The maximum atomic E-state index is 11.0. The summed E-state index contributed by atoms with van der Waals surface area (Å²) in [4.78, 5) is 27.0. The Hall–Kier alpha value is -1.86. The smallest absolute Gasteiger partial charge is 0.217 e. The Morgan fingerprint density at radius 1 is 1.39 bits per heavy atom. The molecule has 3 heterocycles. The summed E-state index contributed by atoms with van der Waals surface area (Å²) < 4.78 is 0. The van der Waals surface area contributed by atoms with Gasteiger partial charge in [-0.05, 0) is 26.3 Å². The topological polar surface area (TPSA) is 71.0 Å². The zero-order valence-electron chi connectivity index (χ0n) is 13.5. The van der Waals surface area contributed by atoms with Gasteiger partial charge in [-0.3, -0.25) is 19.7 Å². The molecule has 0 spiro atoms. The fraction of sp³-hybridized carbons (Fsp3) is 0.500. The van der Waals surface area contributed by atoms with E-state index in [4.69, 9.17) is 0 Å². The minimum absolute atomic E-state index is 0.0569. The predicted molar refractivity (Wildman–Crippen MR) is 88.8 cm³/mol. The fourth-order valence-electron chi connectivity index (χ4n) is 2.92. The third kappa shape index (κ3) is 4.11. The lowest BCUT2D eigenvalue weighted by molar-refractivity contribution is -0.119. The predicted octanol–water partition coefficient (Wildman–Crippen LogP) is 2.21. The number of carbonyl (C=O) groups is 1. The van der Waals surface area contributed by atoms with E-state index in [2.05, 4.69) is 30.5 Å². The zero-order chi connectivity index (χ0) is 16.2. The van der Waals surface area contributed by atoms with E-state index < -0.39 is 0 Å². The van der Waals surface area contributed by atoms with Gasteiger partial charge in [0.1, 0.15) is 0 Å². The van der Waals surface area contributed by atoms with Crippen molar-refractivity contribution < 1.29 is 4.79 Å². The maximum Gasteiger partial charge on any atom is 0.217 e. The molecule has 1 amide bonds. The van der Waals surface area contributed by atoms with E-state index in [9.17, 15) is 4.79 Å². The van der Waals surface area contributed by atoms with E-state index in [1.807, 2.05) is 13.1 Å². The lowest BCUT2D eigenvalue weighted by Gasteiger charge is -2.23. The number of hydrogen-bond donors (Lipinski definition) is 1. The van der Waals surface area contributed by atoms with Crippen LogP contribution in [-0.2, 0) is 17.9 Å². The molecule has 0 aromatic carbocycles. The van der Waals surface area contributed by atoms with E-state index in [1.54, 1.807) is 17.5 Å². The van der Waals surface area contributed by atoms with Crippen molar-refractivity contribution in [3.63, 3.8) is 0 Å². The molecule has 1 aliphatic rings. The monoisotopic (exact) mass is 331 g/mol. The van der Waals surface area contributed by atoms with Crippen LogP contribution in [0.25, 0.3) is 0 Å². The molecule has 0 aliphatic carbocycles. The number of aryl methyl sites for hydroxylation is 1. The van der Waals surface area contributed by atoms with E-state index in [0.717, 1.165) is 48.0 Å². The molecule has 2 aromatic heterocycles. The first-order valence-corrected chi connectivity index (χ1v) is 8.70. The molecule has 0 unspecified atom stereocenters. The van der Waals surface area contributed by atoms with Crippen molar-refractivity contribution in [3.05, 3.63) is 39.9 Å². The molecule has 1 N–H and O–H groups in total. The number of nitrogens with one attached hydrogen (secondary N) is 1. The van der Waals surface area contributed by atoms with Gasteiger partial charge >= 0.3 is 0 Å². The molecule has 1 fully saturated rings. The maximum absolute atomic E-state index is 11.0. The average Bonchev–Trinajstić information content (AvgIpc) is 3.15. The van der Waals surface area contributed by atoms with Gasteiger partial charge in [-0.1, -0.05) is 0 Å². The van der Waals surface area contributed by atoms with Crippen molar-refractivity contribution in [2.45, 2.75) is 45.8 Å². The Labute approximate surface area is 140 Å². The number of amides is 1. The fourth-order valence-corrected chi connectivity index (χ4v) is 3.53. The molecule has 1 aliphatic heterocycles. The standard InChI is InChI=1S/C16H21N5OS/c1-11(22)18-7-13-6-17-8-15(20-13)16-4-3-5-21(16)9-14-10-23-12(2)19-14/h6,8,10,16H,3-5,7,9H2,1-2H3,(H,18,22)/t16-/m0/s1. The van der Waals surface area contributed by atoms with Crippen molar-refractivity contribution in [1.82, 2.24) is 25.2 Å².